The Labute approximate surface area is 124 Å². The summed E-state index contributed by atoms with van der Waals surface area (Å²) in [5, 5.41) is 10.7. The van der Waals surface area contributed by atoms with Crippen LogP contribution in [0.3, 0.4) is 0 Å². The van der Waals surface area contributed by atoms with Crippen LogP contribution in [0, 0.1) is 0 Å². The van der Waals surface area contributed by atoms with Gasteiger partial charge < -0.3 is 16.0 Å². The van der Waals surface area contributed by atoms with Crippen molar-refractivity contribution < 1.29 is 13.2 Å². The molecule has 22 heavy (non-hydrogen) atoms. The zero-order chi connectivity index (χ0) is 15.7. The third-order valence-electron chi connectivity index (χ3n) is 3.55. The number of pyridine rings is 1. The quantitative estimate of drug-likeness (QED) is 0.865. The van der Waals surface area contributed by atoms with Gasteiger partial charge in [0, 0.05) is 31.6 Å². The van der Waals surface area contributed by atoms with Crippen molar-refractivity contribution in [2.45, 2.75) is 12.6 Å². The molecule has 0 unspecified atom stereocenters. The van der Waals surface area contributed by atoms with Gasteiger partial charge in [-0.25, -0.2) is 4.98 Å². The summed E-state index contributed by atoms with van der Waals surface area (Å²) >= 11 is 0. The van der Waals surface area contributed by atoms with Gasteiger partial charge in [0.05, 0.1) is 18.1 Å². The van der Waals surface area contributed by atoms with Crippen LogP contribution in [-0.4, -0.2) is 47.5 Å². The Morgan fingerprint density at radius 1 is 1.27 bits per heavy atom. The molecule has 1 aliphatic rings. The molecule has 0 amide bonds. The zero-order valence-corrected chi connectivity index (χ0v) is 11.7. The molecule has 3 rings (SSSR count). The number of nitrogens with two attached hydrogens (primary N) is 1. The smallest absolute Gasteiger partial charge is 0.382 e. The van der Waals surface area contributed by atoms with E-state index in [9.17, 15) is 13.2 Å². The van der Waals surface area contributed by atoms with E-state index < -0.39 is 12.6 Å². The fourth-order valence-corrected chi connectivity index (χ4v) is 2.60. The second-order valence-corrected chi connectivity index (χ2v) is 5.16. The normalized spacial score (nSPS) is 16.2. The van der Waals surface area contributed by atoms with Gasteiger partial charge in [-0.1, -0.05) is 0 Å². The molecule has 1 saturated heterocycles. The average Bonchev–Trinajstić information content (AvgIpc) is 2.46. The first-order chi connectivity index (χ1) is 10.4. The third-order valence-corrected chi connectivity index (χ3v) is 3.55. The lowest BCUT2D eigenvalue weighted by molar-refractivity contribution is -0.126. The van der Waals surface area contributed by atoms with Crippen molar-refractivity contribution in [1.29, 1.82) is 0 Å². The number of halogens is 3. The van der Waals surface area contributed by atoms with Crippen LogP contribution in [-0.2, 0) is 6.42 Å². The van der Waals surface area contributed by atoms with E-state index in [-0.39, 0.29) is 16.8 Å². The van der Waals surface area contributed by atoms with E-state index in [0.717, 1.165) is 13.1 Å². The summed E-state index contributed by atoms with van der Waals surface area (Å²) in [7, 11) is 0. The lowest BCUT2D eigenvalue weighted by atomic mass is 10.1. The van der Waals surface area contributed by atoms with E-state index >= 15 is 0 Å². The minimum Gasteiger partial charge on any atom is -0.382 e. The molecule has 0 radical (unpaired) electrons. The number of hydrogen-bond donors (Lipinski definition) is 2. The Kier molecular flexibility index (Phi) is 3.73. The first kappa shape index (κ1) is 14.8. The monoisotopic (exact) mass is 312 g/mol. The Bertz CT molecular complexity index is 681. The molecule has 9 heteroatoms. The molecule has 3 heterocycles. The number of fused-ring (bicyclic) bond motifs is 1. The molecule has 3 N–H and O–H groups in total. The van der Waals surface area contributed by atoms with Gasteiger partial charge in [-0.3, -0.25) is 0 Å². The lowest BCUT2D eigenvalue weighted by Crippen LogP contribution is -2.44. The SMILES string of the molecule is Nc1nncc2nc(N3CCNCC3)cc(CC(F)(F)F)c12. The summed E-state index contributed by atoms with van der Waals surface area (Å²) < 4.78 is 38.6. The van der Waals surface area contributed by atoms with Crippen LogP contribution >= 0.6 is 0 Å². The number of rotatable bonds is 2. The maximum Gasteiger partial charge on any atom is 0.393 e. The van der Waals surface area contributed by atoms with Gasteiger partial charge >= 0.3 is 6.18 Å². The van der Waals surface area contributed by atoms with E-state index in [1.807, 2.05) is 4.90 Å². The maximum atomic E-state index is 12.9. The first-order valence-corrected chi connectivity index (χ1v) is 6.87. The van der Waals surface area contributed by atoms with E-state index in [1.165, 1.54) is 12.3 Å². The molecule has 6 nitrogen and oxygen atoms in total. The number of anilines is 2. The minimum atomic E-state index is -4.33. The van der Waals surface area contributed by atoms with E-state index in [4.69, 9.17) is 5.73 Å². The van der Waals surface area contributed by atoms with Gasteiger partial charge in [-0.2, -0.15) is 18.3 Å². The van der Waals surface area contributed by atoms with Crippen molar-refractivity contribution in [3.63, 3.8) is 0 Å². The van der Waals surface area contributed by atoms with E-state index in [2.05, 4.69) is 20.5 Å². The Hall–Kier alpha value is -2.16. The van der Waals surface area contributed by atoms with Gasteiger partial charge in [0.2, 0.25) is 0 Å². The van der Waals surface area contributed by atoms with Crippen LogP contribution in [0.2, 0.25) is 0 Å². The standard InChI is InChI=1S/C13H15F3N6/c14-13(15,16)6-8-5-10(22-3-1-18-2-4-22)20-9-7-19-21-12(17)11(8)9/h5,7,18H,1-4,6H2,(H2,17,21). The van der Waals surface area contributed by atoms with Gasteiger partial charge in [-0.05, 0) is 11.6 Å². The summed E-state index contributed by atoms with van der Waals surface area (Å²) in [5.74, 6) is 0.483. The largest absolute Gasteiger partial charge is 0.393 e. The minimum absolute atomic E-state index is 0.0314. The Morgan fingerprint density at radius 2 is 2.00 bits per heavy atom. The molecule has 0 aromatic carbocycles. The van der Waals surface area contributed by atoms with Gasteiger partial charge in [0.15, 0.2) is 5.82 Å². The molecule has 1 fully saturated rings. The number of hydrogen-bond acceptors (Lipinski definition) is 6. The number of nitrogens with one attached hydrogen (secondary N) is 1. The van der Waals surface area contributed by atoms with Crippen molar-refractivity contribution >= 4 is 22.5 Å². The maximum absolute atomic E-state index is 12.9. The summed E-state index contributed by atoms with van der Waals surface area (Å²) in [4.78, 5) is 6.35. The molecule has 0 saturated carbocycles. The van der Waals surface area contributed by atoms with Crippen LogP contribution in [0.4, 0.5) is 24.8 Å². The summed E-state index contributed by atoms with van der Waals surface area (Å²) in [6.07, 6.45) is -4.05. The Morgan fingerprint density at radius 3 is 2.68 bits per heavy atom. The van der Waals surface area contributed by atoms with Crippen LogP contribution < -0.4 is 16.0 Å². The second-order valence-electron chi connectivity index (χ2n) is 5.16. The van der Waals surface area contributed by atoms with E-state index in [1.54, 1.807) is 0 Å². The van der Waals surface area contributed by atoms with Crippen LogP contribution in [0.1, 0.15) is 5.56 Å². The number of alkyl halides is 3. The molecule has 2 aromatic heterocycles. The van der Waals surface area contributed by atoms with Gasteiger partial charge in [0.25, 0.3) is 0 Å². The first-order valence-electron chi connectivity index (χ1n) is 6.87. The van der Waals surface area contributed by atoms with Gasteiger partial charge in [0.1, 0.15) is 5.82 Å². The summed E-state index contributed by atoms with van der Waals surface area (Å²) in [6.45, 7) is 2.92. The topological polar surface area (TPSA) is 80.0 Å². The predicted octanol–water partition coefficient (Wildman–Crippen LogP) is 1.12. The highest BCUT2D eigenvalue weighted by molar-refractivity contribution is 5.91. The fraction of sp³-hybridized carbons (Fsp3) is 0.462. The van der Waals surface area contributed by atoms with Crippen molar-refractivity contribution in [3.8, 4) is 0 Å². The Balaban J connectivity index is 2.11. The molecule has 0 atom stereocenters. The molecule has 2 aromatic rings. The molecule has 0 spiro atoms. The lowest BCUT2D eigenvalue weighted by Gasteiger charge is -2.29. The average molecular weight is 312 g/mol. The van der Waals surface area contributed by atoms with Crippen molar-refractivity contribution in [3.05, 3.63) is 17.8 Å². The highest BCUT2D eigenvalue weighted by Gasteiger charge is 2.30. The highest BCUT2D eigenvalue weighted by Crippen LogP contribution is 2.31. The molecule has 0 bridgehead atoms. The molecular weight excluding hydrogens is 297 g/mol. The zero-order valence-electron chi connectivity index (χ0n) is 11.7. The fourth-order valence-electron chi connectivity index (χ4n) is 2.60. The van der Waals surface area contributed by atoms with Gasteiger partial charge in [-0.15, -0.1) is 5.10 Å². The van der Waals surface area contributed by atoms with Crippen molar-refractivity contribution in [2.24, 2.45) is 0 Å². The van der Waals surface area contributed by atoms with Crippen LogP contribution in [0.15, 0.2) is 12.3 Å². The number of nitrogens with zero attached hydrogens (tertiary/aromatic N) is 4. The molecular formula is C13H15F3N6. The second kappa shape index (κ2) is 5.56. The molecule has 118 valence electrons. The highest BCUT2D eigenvalue weighted by atomic mass is 19.4. The number of aromatic nitrogens is 3. The van der Waals surface area contributed by atoms with Crippen LogP contribution in [0.25, 0.3) is 10.9 Å². The number of piperazine rings is 1. The summed E-state index contributed by atoms with van der Waals surface area (Å²) in [6, 6.07) is 1.46. The predicted molar refractivity (Wildman–Crippen MR) is 76.6 cm³/mol. The van der Waals surface area contributed by atoms with Crippen molar-refractivity contribution in [2.75, 3.05) is 36.8 Å². The van der Waals surface area contributed by atoms with Crippen molar-refractivity contribution in [1.82, 2.24) is 20.5 Å². The third kappa shape index (κ3) is 3.03. The summed E-state index contributed by atoms with van der Waals surface area (Å²) in [5.41, 5.74) is 6.12. The van der Waals surface area contributed by atoms with E-state index in [0.29, 0.717) is 24.4 Å². The van der Waals surface area contributed by atoms with Crippen LogP contribution in [0.5, 0.6) is 0 Å². The molecule has 1 aliphatic heterocycles. The molecule has 0 aliphatic carbocycles. The number of nitrogen functional groups attached to an aromatic ring is 1.